The number of benzene rings is 4. The summed E-state index contributed by atoms with van der Waals surface area (Å²) in [6, 6.07) is 19.3. The number of rotatable bonds is 4. The molecule has 1 nitrogen and oxygen atoms in total. The molecule has 1 aliphatic rings. The zero-order chi connectivity index (χ0) is 23.2. The summed E-state index contributed by atoms with van der Waals surface area (Å²) >= 11 is 9.50. The number of furan rings is 1. The van der Waals surface area contributed by atoms with E-state index >= 15 is 0 Å². The molecular weight excluding hydrogens is 500 g/mol. The van der Waals surface area contributed by atoms with Crippen molar-refractivity contribution in [3.8, 4) is 11.1 Å². The second-order valence-corrected chi connectivity index (χ2v) is 9.76. The van der Waals surface area contributed by atoms with E-state index in [1.165, 1.54) is 27.0 Å². The Balaban J connectivity index is 1.70. The van der Waals surface area contributed by atoms with Crippen molar-refractivity contribution in [3.63, 3.8) is 0 Å². The summed E-state index contributed by atoms with van der Waals surface area (Å²) in [6.07, 6.45) is 12.2. The summed E-state index contributed by atoms with van der Waals surface area (Å²) in [5, 5.41) is 8.98. The van der Waals surface area contributed by atoms with E-state index in [4.69, 9.17) is 16.6 Å². The Morgan fingerprint density at radius 1 is 0.912 bits per heavy atom. The molecule has 0 unspecified atom stereocenters. The fourth-order valence-electron chi connectivity index (χ4n) is 5.15. The maximum absolute atomic E-state index is 6.36. The third-order valence-corrected chi connectivity index (χ3v) is 7.83. The van der Waals surface area contributed by atoms with Gasteiger partial charge in [-0.15, -0.1) is 0 Å². The average molecular weight is 523 g/mol. The Kier molecular flexibility index (Phi) is 5.47. The molecule has 1 aliphatic carbocycles. The van der Waals surface area contributed by atoms with E-state index < -0.39 is 0 Å². The number of thiocarbonyl (C=S) groups is 1. The lowest BCUT2D eigenvalue weighted by Gasteiger charge is -2.17. The molecule has 0 saturated heterocycles. The molecule has 34 heavy (non-hydrogen) atoms. The third-order valence-electron chi connectivity index (χ3n) is 6.74. The van der Waals surface area contributed by atoms with Crippen LogP contribution in [0.3, 0.4) is 0 Å². The SMILES string of the molecule is CC/C=C\c1c(C=S)c(-c2ccc3oc4c5ccccc5ccc4c3c2)c2c(c1Br)=CCCC=2. The topological polar surface area (TPSA) is 13.1 Å². The second-order valence-electron chi connectivity index (χ2n) is 8.73. The van der Waals surface area contributed by atoms with Gasteiger partial charge in [0.1, 0.15) is 11.2 Å². The maximum Gasteiger partial charge on any atom is 0.143 e. The molecular formula is C31H23BrOS. The Bertz CT molecular complexity index is 1770. The van der Waals surface area contributed by atoms with Gasteiger partial charge in [0.05, 0.1) is 0 Å². The third kappa shape index (κ3) is 3.30. The molecule has 5 aromatic rings. The number of allylic oxidation sites excluding steroid dienone is 1. The van der Waals surface area contributed by atoms with Crippen molar-refractivity contribution in [3.05, 3.63) is 86.7 Å². The van der Waals surface area contributed by atoms with E-state index in [1.807, 2.05) is 5.37 Å². The Morgan fingerprint density at radius 3 is 2.56 bits per heavy atom. The average Bonchev–Trinajstić information content (AvgIpc) is 3.26. The van der Waals surface area contributed by atoms with Crippen molar-refractivity contribution >= 4 is 84.5 Å². The van der Waals surface area contributed by atoms with E-state index in [0.29, 0.717) is 0 Å². The quantitative estimate of drug-likeness (QED) is 0.220. The van der Waals surface area contributed by atoms with E-state index in [1.54, 1.807) is 0 Å². The summed E-state index contributed by atoms with van der Waals surface area (Å²) in [7, 11) is 0. The van der Waals surface area contributed by atoms with Gasteiger partial charge in [0.2, 0.25) is 0 Å². The van der Waals surface area contributed by atoms with Gasteiger partial charge in [0.25, 0.3) is 0 Å². The molecule has 0 radical (unpaired) electrons. The number of halogens is 1. The van der Waals surface area contributed by atoms with Gasteiger partial charge in [-0.05, 0) is 85.9 Å². The van der Waals surface area contributed by atoms with Gasteiger partial charge >= 0.3 is 0 Å². The van der Waals surface area contributed by atoms with Crippen molar-refractivity contribution in [2.75, 3.05) is 0 Å². The van der Waals surface area contributed by atoms with Crippen molar-refractivity contribution < 1.29 is 4.42 Å². The minimum atomic E-state index is 0.909. The van der Waals surface area contributed by atoms with Gasteiger partial charge in [-0.2, -0.15) is 0 Å². The van der Waals surface area contributed by atoms with Crippen LogP contribution in [-0.4, -0.2) is 5.37 Å². The van der Waals surface area contributed by atoms with Crippen LogP contribution in [0.15, 0.2) is 69.6 Å². The Morgan fingerprint density at radius 2 is 1.74 bits per heavy atom. The van der Waals surface area contributed by atoms with Crippen LogP contribution in [0.1, 0.15) is 37.3 Å². The van der Waals surface area contributed by atoms with E-state index in [9.17, 15) is 0 Å². The predicted molar refractivity (Wildman–Crippen MR) is 154 cm³/mol. The van der Waals surface area contributed by atoms with Crippen LogP contribution in [0.5, 0.6) is 0 Å². The molecule has 4 aromatic carbocycles. The molecule has 0 atom stereocenters. The van der Waals surface area contributed by atoms with Crippen LogP contribution in [-0.2, 0) is 0 Å². The van der Waals surface area contributed by atoms with Gasteiger partial charge < -0.3 is 4.42 Å². The molecule has 0 amide bonds. The predicted octanol–water partition coefficient (Wildman–Crippen LogP) is 8.29. The first-order valence-electron chi connectivity index (χ1n) is 11.7. The van der Waals surface area contributed by atoms with Crippen LogP contribution < -0.4 is 10.4 Å². The van der Waals surface area contributed by atoms with Crippen molar-refractivity contribution in [1.29, 1.82) is 0 Å². The lowest BCUT2D eigenvalue weighted by Crippen LogP contribution is -2.32. The lowest BCUT2D eigenvalue weighted by molar-refractivity contribution is 0.672. The summed E-state index contributed by atoms with van der Waals surface area (Å²) in [4.78, 5) is 0. The van der Waals surface area contributed by atoms with E-state index in [2.05, 4.69) is 102 Å². The van der Waals surface area contributed by atoms with E-state index in [-0.39, 0.29) is 0 Å². The van der Waals surface area contributed by atoms with Crippen molar-refractivity contribution in [2.45, 2.75) is 26.2 Å². The monoisotopic (exact) mass is 522 g/mol. The summed E-state index contributed by atoms with van der Waals surface area (Å²) in [5.74, 6) is 0. The molecule has 1 heterocycles. The molecule has 0 aliphatic heterocycles. The maximum atomic E-state index is 6.36. The van der Waals surface area contributed by atoms with Crippen molar-refractivity contribution in [2.24, 2.45) is 0 Å². The van der Waals surface area contributed by atoms with Crippen LogP contribution >= 0.6 is 28.1 Å². The first kappa shape index (κ1) is 21.5. The van der Waals surface area contributed by atoms with Crippen molar-refractivity contribution in [1.82, 2.24) is 0 Å². The molecule has 3 heteroatoms. The fraction of sp³-hybridized carbons (Fsp3) is 0.129. The molecule has 0 N–H and O–H groups in total. The number of hydrogen-bond donors (Lipinski definition) is 0. The first-order chi connectivity index (χ1) is 16.7. The first-order valence-corrected chi connectivity index (χ1v) is 13.0. The number of hydrogen-bond acceptors (Lipinski definition) is 2. The van der Waals surface area contributed by atoms with Crippen LogP contribution in [0, 0.1) is 0 Å². The Labute approximate surface area is 212 Å². The molecule has 0 fully saturated rings. The molecule has 0 bridgehead atoms. The smallest absolute Gasteiger partial charge is 0.143 e. The highest BCUT2D eigenvalue weighted by Crippen LogP contribution is 2.37. The fourth-order valence-corrected chi connectivity index (χ4v) is 6.12. The molecule has 6 rings (SSSR count). The normalized spacial score (nSPS) is 13.4. The van der Waals surface area contributed by atoms with Crippen LogP contribution in [0.2, 0.25) is 0 Å². The minimum Gasteiger partial charge on any atom is -0.455 e. The van der Waals surface area contributed by atoms with Gasteiger partial charge in [0, 0.05) is 31.6 Å². The zero-order valence-corrected chi connectivity index (χ0v) is 21.3. The number of fused-ring (bicyclic) bond motifs is 6. The van der Waals surface area contributed by atoms with E-state index in [0.717, 1.165) is 62.2 Å². The Hall–Kier alpha value is -3.01. The molecule has 166 valence electrons. The summed E-state index contributed by atoms with van der Waals surface area (Å²) < 4.78 is 7.49. The molecule has 1 aromatic heterocycles. The summed E-state index contributed by atoms with van der Waals surface area (Å²) in [6.45, 7) is 2.16. The van der Waals surface area contributed by atoms with Gasteiger partial charge in [0.15, 0.2) is 0 Å². The van der Waals surface area contributed by atoms with Gasteiger partial charge in [-0.25, -0.2) is 0 Å². The standard InChI is InChI=1S/C31H23BrOS/c1-2-3-9-24-27(18-34)29(22-11-6-7-12-23(22)30(24)32)20-14-16-28-26(17-20)25-15-13-19-8-4-5-10-21(19)31(25)33-28/h3-5,8-18H,2,6-7H2,1H3/b9-3-. The van der Waals surface area contributed by atoms with Gasteiger partial charge in [-0.1, -0.05) is 79.8 Å². The lowest BCUT2D eigenvalue weighted by atomic mass is 9.89. The highest BCUT2D eigenvalue weighted by Gasteiger charge is 2.18. The van der Waals surface area contributed by atoms with Crippen LogP contribution in [0.25, 0.3) is 62.1 Å². The minimum absolute atomic E-state index is 0.909. The highest BCUT2D eigenvalue weighted by molar-refractivity contribution is 9.10. The van der Waals surface area contributed by atoms with Crippen LogP contribution in [0.4, 0.5) is 0 Å². The summed E-state index contributed by atoms with van der Waals surface area (Å²) in [5.41, 5.74) is 6.48. The zero-order valence-electron chi connectivity index (χ0n) is 18.9. The highest BCUT2D eigenvalue weighted by atomic mass is 79.9. The molecule has 0 spiro atoms. The molecule has 0 saturated carbocycles. The largest absolute Gasteiger partial charge is 0.455 e. The second kappa shape index (κ2) is 8.65. The van der Waals surface area contributed by atoms with Gasteiger partial charge in [-0.3, -0.25) is 0 Å².